The van der Waals surface area contributed by atoms with Gasteiger partial charge in [0.25, 0.3) is 0 Å². The molecule has 0 amide bonds. The fourth-order valence-corrected chi connectivity index (χ4v) is 1.23. The Labute approximate surface area is 77.2 Å². The maximum Gasteiger partial charge on any atom is 0.151 e. The molecule has 13 heavy (non-hydrogen) atoms. The summed E-state index contributed by atoms with van der Waals surface area (Å²) >= 11 is 0. The summed E-state index contributed by atoms with van der Waals surface area (Å²) in [6.45, 7) is 1.96. The van der Waals surface area contributed by atoms with E-state index in [4.69, 9.17) is 0 Å². The highest BCUT2D eigenvalue weighted by Crippen LogP contribution is 2.25. The van der Waals surface area contributed by atoms with E-state index >= 15 is 0 Å². The Kier molecular flexibility index (Phi) is 2.00. The van der Waals surface area contributed by atoms with Crippen molar-refractivity contribution in [2.75, 3.05) is 5.32 Å². The van der Waals surface area contributed by atoms with E-state index in [1.54, 1.807) is 6.20 Å². The van der Waals surface area contributed by atoms with Gasteiger partial charge in [0.2, 0.25) is 0 Å². The minimum Gasteiger partial charge on any atom is -0.367 e. The third kappa shape index (κ3) is 1.86. The van der Waals surface area contributed by atoms with Crippen molar-refractivity contribution in [1.82, 2.24) is 4.98 Å². The van der Waals surface area contributed by atoms with Gasteiger partial charge in [-0.1, -0.05) is 0 Å². The molecule has 1 heterocycles. The van der Waals surface area contributed by atoms with Crippen molar-refractivity contribution in [3.63, 3.8) is 0 Å². The molecule has 1 aliphatic carbocycles. The first-order chi connectivity index (χ1) is 6.29. The largest absolute Gasteiger partial charge is 0.367 e. The van der Waals surface area contributed by atoms with E-state index in [1.807, 2.05) is 13.0 Å². The van der Waals surface area contributed by atoms with Crippen LogP contribution in [0.2, 0.25) is 0 Å². The van der Waals surface area contributed by atoms with Crippen LogP contribution < -0.4 is 5.32 Å². The molecule has 68 valence electrons. The predicted octanol–water partition coefficient (Wildman–Crippen LogP) is 1.78. The third-order valence-electron chi connectivity index (χ3n) is 2.15. The van der Waals surface area contributed by atoms with Crippen LogP contribution in [0.25, 0.3) is 0 Å². The zero-order valence-corrected chi connectivity index (χ0v) is 7.58. The second-order valence-electron chi connectivity index (χ2n) is 3.47. The molecule has 1 aromatic rings. The van der Waals surface area contributed by atoms with Crippen molar-refractivity contribution in [3.8, 4) is 0 Å². The molecule has 0 atom stereocenters. The molecular formula is C10H12N2O. The van der Waals surface area contributed by atoms with Crippen LogP contribution in [-0.4, -0.2) is 17.3 Å². The number of anilines is 1. The van der Waals surface area contributed by atoms with Crippen molar-refractivity contribution in [3.05, 3.63) is 23.4 Å². The van der Waals surface area contributed by atoms with Crippen LogP contribution in [-0.2, 0) is 0 Å². The van der Waals surface area contributed by atoms with E-state index in [9.17, 15) is 4.79 Å². The van der Waals surface area contributed by atoms with Crippen LogP contribution in [0, 0.1) is 6.92 Å². The summed E-state index contributed by atoms with van der Waals surface area (Å²) in [6.07, 6.45) is 4.89. The lowest BCUT2D eigenvalue weighted by molar-refractivity contribution is 0.112. The molecule has 0 bridgehead atoms. The lowest BCUT2D eigenvalue weighted by Gasteiger charge is -2.06. The van der Waals surface area contributed by atoms with Gasteiger partial charge in [-0.25, -0.2) is 4.98 Å². The number of aldehydes is 1. The van der Waals surface area contributed by atoms with Gasteiger partial charge >= 0.3 is 0 Å². The first-order valence-corrected chi connectivity index (χ1v) is 4.48. The molecule has 1 fully saturated rings. The zero-order valence-electron chi connectivity index (χ0n) is 7.58. The maximum atomic E-state index is 10.4. The average molecular weight is 176 g/mol. The lowest BCUT2D eigenvalue weighted by atomic mass is 10.2. The van der Waals surface area contributed by atoms with Gasteiger partial charge in [0.15, 0.2) is 6.29 Å². The maximum absolute atomic E-state index is 10.4. The number of aryl methyl sites for hydroxylation is 1. The summed E-state index contributed by atoms with van der Waals surface area (Å²) in [5.74, 6) is 0.910. The third-order valence-corrected chi connectivity index (χ3v) is 2.15. The summed E-state index contributed by atoms with van der Waals surface area (Å²) in [6, 6.07) is 2.46. The molecule has 1 aromatic heterocycles. The summed E-state index contributed by atoms with van der Waals surface area (Å²) < 4.78 is 0. The SMILES string of the molecule is Cc1cc(C=O)cnc1NC1CC1. The molecule has 0 aromatic carbocycles. The second-order valence-corrected chi connectivity index (χ2v) is 3.47. The van der Waals surface area contributed by atoms with Crippen LogP contribution in [0.3, 0.4) is 0 Å². The molecular weight excluding hydrogens is 164 g/mol. The molecule has 2 rings (SSSR count). The Hall–Kier alpha value is -1.38. The summed E-state index contributed by atoms with van der Waals surface area (Å²) in [4.78, 5) is 14.6. The number of pyridine rings is 1. The molecule has 0 unspecified atom stereocenters. The minimum atomic E-state index is 0.605. The minimum absolute atomic E-state index is 0.605. The van der Waals surface area contributed by atoms with E-state index in [0.29, 0.717) is 11.6 Å². The molecule has 0 saturated heterocycles. The molecule has 0 radical (unpaired) electrons. The Morgan fingerprint density at radius 3 is 2.92 bits per heavy atom. The number of nitrogens with one attached hydrogen (secondary N) is 1. The highest BCUT2D eigenvalue weighted by Gasteiger charge is 2.21. The van der Waals surface area contributed by atoms with Gasteiger partial charge in [0, 0.05) is 17.8 Å². The van der Waals surface area contributed by atoms with Crippen LogP contribution >= 0.6 is 0 Å². The van der Waals surface area contributed by atoms with Gasteiger partial charge in [0.1, 0.15) is 5.82 Å². The highest BCUT2D eigenvalue weighted by atomic mass is 16.1. The summed E-state index contributed by atoms with van der Waals surface area (Å²) in [5.41, 5.74) is 1.68. The topological polar surface area (TPSA) is 42.0 Å². The highest BCUT2D eigenvalue weighted by molar-refractivity contribution is 5.75. The fourth-order valence-electron chi connectivity index (χ4n) is 1.23. The van der Waals surface area contributed by atoms with Gasteiger partial charge < -0.3 is 5.32 Å². The molecule has 3 nitrogen and oxygen atoms in total. The Morgan fingerprint density at radius 2 is 2.38 bits per heavy atom. The first kappa shape index (κ1) is 8.23. The van der Waals surface area contributed by atoms with Gasteiger partial charge in [-0.05, 0) is 31.4 Å². The lowest BCUT2D eigenvalue weighted by Crippen LogP contribution is -2.05. The first-order valence-electron chi connectivity index (χ1n) is 4.48. The van der Waals surface area contributed by atoms with Crippen LogP contribution in [0.4, 0.5) is 5.82 Å². The number of rotatable bonds is 3. The number of hydrogen-bond acceptors (Lipinski definition) is 3. The van der Waals surface area contributed by atoms with E-state index in [2.05, 4.69) is 10.3 Å². The summed E-state index contributed by atoms with van der Waals surface area (Å²) in [5, 5.41) is 3.31. The van der Waals surface area contributed by atoms with Gasteiger partial charge in [-0.2, -0.15) is 0 Å². The van der Waals surface area contributed by atoms with Gasteiger partial charge in [-0.3, -0.25) is 4.79 Å². The van der Waals surface area contributed by atoms with Crippen LogP contribution in [0.5, 0.6) is 0 Å². The summed E-state index contributed by atoms with van der Waals surface area (Å²) in [7, 11) is 0. The Morgan fingerprint density at radius 1 is 1.62 bits per heavy atom. The predicted molar refractivity (Wildman–Crippen MR) is 51.0 cm³/mol. The number of carbonyl (C=O) groups is 1. The number of nitrogens with zero attached hydrogens (tertiary/aromatic N) is 1. The molecule has 3 heteroatoms. The van der Waals surface area contributed by atoms with E-state index in [1.165, 1.54) is 12.8 Å². The number of hydrogen-bond donors (Lipinski definition) is 1. The molecule has 0 aliphatic heterocycles. The van der Waals surface area contributed by atoms with Crippen molar-refractivity contribution >= 4 is 12.1 Å². The standard InChI is InChI=1S/C10H12N2O/c1-7-4-8(6-13)5-11-10(7)12-9-2-3-9/h4-6,9H,2-3H2,1H3,(H,11,12). The zero-order chi connectivity index (χ0) is 9.26. The van der Waals surface area contributed by atoms with Gasteiger partial charge in [0.05, 0.1) is 0 Å². The average Bonchev–Trinajstić information content (AvgIpc) is 2.92. The Bertz CT molecular complexity index is 332. The van der Waals surface area contributed by atoms with E-state index in [-0.39, 0.29) is 0 Å². The monoisotopic (exact) mass is 176 g/mol. The smallest absolute Gasteiger partial charge is 0.151 e. The van der Waals surface area contributed by atoms with E-state index in [0.717, 1.165) is 17.7 Å². The van der Waals surface area contributed by atoms with Crippen molar-refractivity contribution in [2.24, 2.45) is 0 Å². The molecule has 1 aliphatic rings. The van der Waals surface area contributed by atoms with Crippen molar-refractivity contribution in [2.45, 2.75) is 25.8 Å². The van der Waals surface area contributed by atoms with E-state index < -0.39 is 0 Å². The number of carbonyl (C=O) groups excluding carboxylic acids is 1. The second kappa shape index (κ2) is 3.17. The fraction of sp³-hybridized carbons (Fsp3) is 0.400. The van der Waals surface area contributed by atoms with Gasteiger partial charge in [-0.15, -0.1) is 0 Å². The van der Waals surface area contributed by atoms with Crippen LogP contribution in [0.15, 0.2) is 12.3 Å². The van der Waals surface area contributed by atoms with Crippen molar-refractivity contribution < 1.29 is 4.79 Å². The van der Waals surface area contributed by atoms with Crippen molar-refractivity contribution in [1.29, 1.82) is 0 Å². The van der Waals surface area contributed by atoms with Crippen LogP contribution in [0.1, 0.15) is 28.8 Å². The Balaban J connectivity index is 2.20. The normalized spacial score (nSPS) is 15.5. The quantitative estimate of drug-likeness (QED) is 0.714. The molecule has 0 spiro atoms. The molecule has 1 N–H and O–H groups in total. The number of aromatic nitrogens is 1. The molecule has 1 saturated carbocycles.